The fraction of sp³-hybridized carbons (Fsp3) is 0.348. The predicted octanol–water partition coefficient (Wildman–Crippen LogP) is 6.26. The average Bonchev–Trinajstić information content (AvgIpc) is 3.23. The number of nitrogens with zero attached hydrogens (tertiary/aromatic N) is 3. The van der Waals surface area contributed by atoms with Crippen molar-refractivity contribution < 1.29 is 13.9 Å². The molecule has 1 saturated heterocycles. The van der Waals surface area contributed by atoms with Gasteiger partial charge in [-0.15, -0.1) is 10.7 Å². The van der Waals surface area contributed by atoms with Gasteiger partial charge in [0.15, 0.2) is 0 Å². The average molecular weight is 458 g/mol. The summed E-state index contributed by atoms with van der Waals surface area (Å²) in [5, 5.41) is 11.0. The molecule has 2 aromatic rings. The Kier molecular flexibility index (Phi) is 7.14. The highest BCUT2D eigenvalue weighted by Gasteiger charge is 2.24. The fourth-order valence-electron chi connectivity index (χ4n) is 3.21. The number of halogens is 2. The van der Waals surface area contributed by atoms with Crippen LogP contribution >= 0.6 is 11.6 Å². The first-order chi connectivity index (χ1) is 14.7. The van der Waals surface area contributed by atoms with Gasteiger partial charge in [-0.05, 0) is 36.6 Å². The number of methoxy groups -OCH3 is 1. The number of hydrogen-bond donors (Lipinski definition) is 0. The summed E-state index contributed by atoms with van der Waals surface area (Å²) in [6.07, 6.45) is 2.09. The van der Waals surface area contributed by atoms with Crippen molar-refractivity contribution in [3.8, 4) is 22.6 Å². The van der Waals surface area contributed by atoms with Crippen molar-refractivity contribution in [1.29, 1.82) is 0 Å². The minimum atomic E-state index is -1.74. The van der Waals surface area contributed by atoms with Crippen LogP contribution in [0.4, 0.5) is 10.1 Å². The standard InChI is InChI=1S/C23H25ClFN3O2Si/c1-30-23(29)19-15-20(24)18(10-13-31(2,3)4)22(26-27-28-11-5-6-12-28)21(19)16-8-7-9-17(25)14-16/h7-9,14-15H,5-6,11-12H2,1-4H3/b27-26+. The van der Waals surface area contributed by atoms with E-state index in [4.69, 9.17) is 16.3 Å². The number of benzene rings is 2. The molecule has 0 atom stereocenters. The summed E-state index contributed by atoms with van der Waals surface area (Å²) in [4.78, 5) is 12.6. The first-order valence-electron chi connectivity index (χ1n) is 10.1. The highest BCUT2D eigenvalue weighted by molar-refractivity contribution is 6.83. The minimum absolute atomic E-state index is 0.187. The van der Waals surface area contributed by atoms with Gasteiger partial charge in [0.25, 0.3) is 0 Å². The summed E-state index contributed by atoms with van der Waals surface area (Å²) < 4.78 is 19.1. The molecule has 0 radical (unpaired) electrons. The second-order valence-corrected chi connectivity index (χ2v) is 13.5. The third kappa shape index (κ3) is 5.72. The smallest absolute Gasteiger partial charge is 0.338 e. The number of carbonyl (C=O) groups excluding carboxylic acids is 1. The Bertz CT molecular complexity index is 1080. The van der Waals surface area contributed by atoms with E-state index in [0.29, 0.717) is 22.4 Å². The lowest BCUT2D eigenvalue weighted by Gasteiger charge is -2.16. The van der Waals surface area contributed by atoms with Crippen molar-refractivity contribution in [2.24, 2.45) is 10.3 Å². The number of carbonyl (C=O) groups is 1. The number of hydrogen-bond acceptors (Lipinski definition) is 4. The van der Waals surface area contributed by atoms with E-state index in [-0.39, 0.29) is 10.6 Å². The molecule has 5 nitrogen and oxygen atoms in total. The SMILES string of the molecule is COC(=O)c1cc(Cl)c(C#C[Si](C)(C)C)c(/N=N/N2CCCC2)c1-c1cccc(F)c1. The van der Waals surface area contributed by atoms with Gasteiger partial charge in [0.05, 0.1) is 23.3 Å². The van der Waals surface area contributed by atoms with Crippen molar-refractivity contribution in [3.63, 3.8) is 0 Å². The van der Waals surface area contributed by atoms with E-state index in [9.17, 15) is 9.18 Å². The van der Waals surface area contributed by atoms with Crippen LogP contribution in [0, 0.1) is 17.3 Å². The van der Waals surface area contributed by atoms with Crippen molar-refractivity contribution in [2.45, 2.75) is 32.5 Å². The van der Waals surface area contributed by atoms with Crippen LogP contribution in [0.5, 0.6) is 0 Å². The van der Waals surface area contributed by atoms with Gasteiger partial charge in [-0.2, -0.15) is 0 Å². The predicted molar refractivity (Wildman–Crippen MR) is 124 cm³/mol. The molecule has 2 aromatic carbocycles. The van der Waals surface area contributed by atoms with E-state index in [0.717, 1.165) is 25.9 Å². The molecule has 0 spiro atoms. The van der Waals surface area contributed by atoms with Gasteiger partial charge < -0.3 is 4.74 Å². The maximum absolute atomic E-state index is 14.1. The Morgan fingerprint density at radius 1 is 1.23 bits per heavy atom. The molecule has 1 aliphatic heterocycles. The molecule has 0 unspecified atom stereocenters. The van der Waals surface area contributed by atoms with Crippen LogP contribution in [-0.4, -0.2) is 39.3 Å². The quantitative estimate of drug-likeness (QED) is 0.236. The molecule has 1 heterocycles. The van der Waals surface area contributed by atoms with E-state index in [1.54, 1.807) is 12.1 Å². The fourth-order valence-corrected chi connectivity index (χ4v) is 3.96. The third-order valence-electron chi connectivity index (χ3n) is 4.69. The zero-order valence-electron chi connectivity index (χ0n) is 18.1. The third-order valence-corrected chi connectivity index (χ3v) is 5.86. The summed E-state index contributed by atoms with van der Waals surface area (Å²) in [5.74, 6) is 2.14. The van der Waals surface area contributed by atoms with Crippen molar-refractivity contribution in [2.75, 3.05) is 20.2 Å². The van der Waals surface area contributed by atoms with Crippen molar-refractivity contribution in [3.05, 3.63) is 52.3 Å². The van der Waals surface area contributed by atoms with Crippen molar-refractivity contribution in [1.82, 2.24) is 5.01 Å². The zero-order valence-corrected chi connectivity index (χ0v) is 19.9. The highest BCUT2D eigenvalue weighted by Crippen LogP contribution is 2.41. The Hall–Kier alpha value is -2.69. The first-order valence-corrected chi connectivity index (χ1v) is 14.0. The maximum atomic E-state index is 14.1. The molecule has 0 N–H and O–H groups in total. The number of esters is 1. The summed E-state index contributed by atoms with van der Waals surface area (Å²) in [6, 6.07) is 7.49. The second kappa shape index (κ2) is 9.63. The summed E-state index contributed by atoms with van der Waals surface area (Å²) in [7, 11) is -0.449. The highest BCUT2D eigenvalue weighted by atomic mass is 35.5. The molecule has 0 aliphatic carbocycles. The topological polar surface area (TPSA) is 54.3 Å². The molecule has 3 rings (SSSR count). The first kappa shape index (κ1) is 23.0. The van der Waals surface area contributed by atoms with Crippen LogP contribution in [0.2, 0.25) is 24.7 Å². The largest absolute Gasteiger partial charge is 0.465 e. The lowest BCUT2D eigenvalue weighted by Crippen LogP contribution is -2.16. The van der Waals surface area contributed by atoms with Crippen LogP contribution in [0.25, 0.3) is 11.1 Å². The van der Waals surface area contributed by atoms with Crippen LogP contribution < -0.4 is 0 Å². The summed E-state index contributed by atoms with van der Waals surface area (Å²) in [6.45, 7) is 7.97. The molecule has 0 bridgehead atoms. The van der Waals surface area contributed by atoms with Gasteiger partial charge in [0, 0.05) is 18.7 Å². The molecule has 1 aliphatic rings. The van der Waals surface area contributed by atoms with Crippen molar-refractivity contribution >= 4 is 31.3 Å². The second-order valence-electron chi connectivity index (χ2n) is 8.36. The van der Waals surface area contributed by atoms with Gasteiger partial charge in [0.1, 0.15) is 19.6 Å². The van der Waals surface area contributed by atoms with Crippen LogP contribution in [-0.2, 0) is 4.74 Å². The lowest BCUT2D eigenvalue weighted by atomic mass is 9.94. The van der Waals surface area contributed by atoms with E-state index in [1.807, 2.05) is 5.01 Å². The molecular formula is C23H25ClFN3O2Si. The van der Waals surface area contributed by atoms with E-state index >= 15 is 0 Å². The minimum Gasteiger partial charge on any atom is -0.465 e. The zero-order chi connectivity index (χ0) is 22.6. The van der Waals surface area contributed by atoms with Gasteiger partial charge in [-0.3, -0.25) is 5.01 Å². The van der Waals surface area contributed by atoms with Crippen LogP contribution in [0.3, 0.4) is 0 Å². The normalized spacial score (nSPS) is 13.9. The molecule has 1 fully saturated rings. The van der Waals surface area contributed by atoms with Gasteiger partial charge in [-0.1, -0.05) is 54.5 Å². The lowest BCUT2D eigenvalue weighted by molar-refractivity contribution is 0.0601. The number of rotatable bonds is 4. The number of ether oxygens (including phenoxy) is 1. The monoisotopic (exact) mass is 457 g/mol. The van der Waals surface area contributed by atoms with E-state index in [1.165, 1.54) is 25.3 Å². The van der Waals surface area contributed by atoms with Gasteiger partial charge >= 0.3 is 5.97 Å². The maximum Gasteiger partial charge on any atom is 0.338 e. The Balaban J connectivity index is 2.34. The Morgan fingerprint density at radius 3 is 2.55 bits per heavy atom. The molecule has 162 valence electrons. The Morgan fingerprint density at radius 2 is 1.94 bits per heavy atom. The molecule has 0 amide bonds. The van der Waals surface area contributed by atoms with Crippen LogP contribution in [0.15, 0.2) is 40.7 Å². The summed E-state index contributed by atoms with van der Waals surface area (Å²) in [5.41, 5.74) is 5.18. The molecule has 0 saturated carbocycles. The van der Waals surface area contributed by atoms with Crippen LogP contribution in [0.1, 0.15) is 28.8 Å². The molecule has 8 heteroatoms. The Labute approximate surface area is 188 Å². The summed E-state index contributed by atoms with van der Waals surface area (Å²) >= 11 is 6.57. The molecule has 0 aromatic heterocycles. The van der Waals surface area contributed by atoms with E-state index in [2.05, 4.69) is 41.4 Å². The van der Waals surface area contributed by atoms with Gasteiger partial charge in [0.2, 0.25) is 0 Å². The molecule has 31 heavy (non-hydrogen) atoms. The molecular weight excluding hydrogens is 433 g/mol. The van der Waals surface area contributed by atoms with Gasteiger partial charge in [-0.25, -0.2) is 9.18 Å². The van der Waals surface area contributed by atoms with E-state index < -0.39 is 19.9 Å².